The van der Waals surface area contributed by atoms with E-state index in [1.165, 1.54) is 5.92 Å². The first kappa shape index (κ1) is 6.96. The molecule has 0 aliphatic rings. The van der Waals surface area contributed by atoms with Gasteiger partial charge >= 0.3 is 0 Å². The van der Waals surface area contributed by atoms with Crippen LogP contribution in [0.1, 0.15) is 26.7 Å². The van der Waals surface area contributed by atoms with Crippen LogP contribution in [0, 0.1) is 5.92 Å². The van der Waals surface area contributed by atoms with Crippen molar-refractivity contribution in [3.63, 3.8) is 0 Å². The number of rotatable bonds is 3. The first-order valence-corrected chi connectivity index (χ1v) is 2.67. The zero-order chi connectivity index (χ0) is 5.70. The summed E-state index contributed by atoms with van der Waals surface area (Å²) in [4.78, 5) is 0. The van der Waals surface area contributed by atoms with Gasteiger partial charge in [0.05, 0.1) is 0 Å². The SMILES string of the molecule is C[C](C)CCCO. The summed E-state index contributed by atoms with van der Waals surface area (Å²) >= 11 is 0. The summed E-state index contributed by atoms with van der Waals surface area (Å²) in [5.74, 6) is 1.40. The normalized spacial score (nSPS) is 10.3. The Morgan fingerprint density at radius 3 is 2.14 bits per heavy atom. The molecule has 0 aliphatic heterocycles. The van der Waals surface area contributed by atoms with Gasteiger partial charge in [-0.2, -0.15) is 0 Å². The molecule has 1 heteroatoms. The fourth-order valence-corrected chi connectivity index (χ4v) is 0.433. The molecule has 0 fully saturated rings. The number of hydrogen-bond acceptors (Lipinski definition) is 1. The Morgan fingerprint density at radius 1 is 1.43 bits per heavy atom. The minimum absolute atomic E-state index is 0.325. The summed E-state index contributed by atoms with van der Waals surface area (Å²) in [5, 5.41) is 8.30. The number of aliphatic hydroxyl groups is 1. The Kier molecular flexibility index (Phi) is 4.10. The summed E-state index contributed by atoms with van der Waals surface area (Å²) in [5.41, 5.74) is 0. The van der Waals surface area contributed by atoms with Crippen LogP contribution in [0.3, 0.4) is 0 Å². The zero-order valence-electron chi connectivity index (χ0n) is 5.07. The monoisotopic (exact) mass is 101 g/mol. The van der Waals surface area contributed by atoms with Gasteiger partial charge in [-0.3, -0.25) is 0 Å². The standard InChI is InChI=1S/C6H13O/c1-6(2)4-3-5-7/h7H,3-5H2,1-2H3. The average Bonchev–Trinajstić information content (AvgIpc) is 1.61. The molecule has 0 heterocycles. The molecule has 0 aromatic heterocycles. The van der Waals surface area contributed by atoms with Gasteiger partial charge in [-0.25, -0.2) is 0 Å². The fourth-order valence-electron chi connectivity index (χ4n) is 0.433. The van der Waals surface area contributed by atoms with Crippen LogP contribution < -0.4 is 0 Å². The lowest BCUT2D eigenvalue weighted by atomic mass is 10.1. The van der Waals surface area contributed by atoms with Crippen molar-refractivity contribution in [1.82, 2.24) is 0 Å². The Morgan fingerprint density at radius 2 is 2.00 bits per heavy atom. The molecule has 0 aromatic carbocycles. The third-order valence-electron chi connectivity index (χ3n) is 0.835. The molecule has 0 aliphatic carbocycles. The summed E-state index contributed by atoms with van der Waals surface area (Å²) in [6, 6.07) is 0. The molecule has 0 bridgehead atoms. The van der Waals surface area contributed by atoms with Crippen molar-refractivity contribution in [3.05, 3.63) is 5.92 Å². The van der Waals surface area contributed by atoms with E-state index in [0.29, 0.717) is 6.61 Å². The van der Waals surface area contributed by atoms with Crippen molar-refractivity contribution in [2.24, 2.45) is 0 Å². The van der Waals surface area contributed by atoms with Crippen LogP contribution in [0.5, 0.6) is 0 Å². The van der Waals surface area contributed by atoms with Crippen LogP contribution in [0.25, 0.3) is 0 Å². The number of aliphatic hydroxyl groups excluding tert-OH is 1. The van der Waals surface area contributed by atoms with Crippen LogP contribution in [0.2, 0.25) is 0 Å². The van der Waals surface area contributed by atoms with Crippen molar-refractivity contribution in [2.45, 2.75) is 26.7 Å². The van der Waals surface area contributed by atoms with E-state index in [0.717, 1.165) is 12.8 Å². The smallest absolute Gasteiger partial charge is 0.0431 e. The van der Waals surface area contributed by atoms with Crippen LogP contribution in [-0.2, 0) is 0 Å². The maximum absolute atomic E-state index is 8.30. The van der Waals surface area contributed by atoms with Gasteiger partial charge in [0.15, 0.2) is 0 Å². The van der Waals surface area contributed by atoms with E-state index < -0.39 is 0 Å². The van der Waals surface area contributed by atoms with Gasteiger partial charge in [-0.15, -0.1) is 0 Å². The third-order valence-corrected chi connectivity index (χ3v) is 0.835. The largest absolute Gasteiger partial charge is 0.396 e. The van der Waals surface area contributed by atoms with Gasteiger partial charge in [-0.1, -0.05) is 13.8 Å². The summed E-state index contributed by atoms with van der Waals surface area (Å²) in [6.07, 6.45) is 1.98. The minimum atomic E-state index is 0.325. The molecule has 0 saturated carbocycles. The first-order chi connectivity index (χ1) is 3.27. The van der Waals surface area contributed by atoms with Gasteiger partial charge in [-0.05, 0) is 18.8 Å². The van der Waals surface area contributed by atoms with Crippen molar-refractivity contribution in [1.29, 1.82) is 0 Å². The van der Waals surface area contributed by atoms with Gasteiger partial charge in [0.2, 0.25) is 0 Å². The second-order valence-electron chi connectivity index (χ2n) is 2.03. The maximum Gasteiger partial charge on any atom is 0.0431 e. The van der Waals surface area contributed by atoms with Crippen molar-refractivity contribution >= 4 is 0 Å². The lowest BCUT2D eigenvalue weighted by molar-refractivity contribution is 0.286. The van der Waals surface area contributed by atoms with Gasteiger partial charge < -0.3 is 5.11 Å². The van der Waals surface area contributed by atoms with E-state index in [-0.39, 0.29) is 0 Å². The van der Waals surface area contributed by atoms with Crippen LogP contribution >= 0.6 is 0 Å². The highest BCUT2D eigenvalue weighted by atomic mass is 16.2. The molecule has 0 unspecified atom stereocenters. The van der Waals surface area contributed by atoms with Crippen molar-refractivity contribution < 1.29 is 5.11 Å². The molecule has 0 aromatic rings. The Balaban J connectivity index is 2.68. The molecular formula is C6H13O. The molecule has 0 amide bonds. The molecular weight excluding hydrogens is 88.1 g/mol. The van der Waals surface area contributed by atoms with E-state index >= 15 is 0 Å². The molecule has 1 N–H and O–H groups in total. The highest BCUT2D eigenvalue weighted by molar-refractivity contribution is 4.75. The molecule has 1 nitrogen and oxygen atoms in total. The van der Waals surface area contributed by atoms with Gasteiger partial charge in [0, 0.05) is 6.61 Å². The molecule has 0 spiro atoms. The second kappa shape index (κ2) is 4.13. The highest BCUT2D eigenvalue weighted by Crippen LogP contribution is 2.03. The topological polar surface area (TPSA) is 20.2 Å². The van der Waals surface area contributed by atoms with E-state index in [2.05, 4.69) is 13.8 Å². The highest BCUT2D eigenvalue weighted by Gasteiger charge is 1.90. The number of hydrogen-bond donors (Lipinski definition) is 1. The second-order valence-corrected chi connectivity index (χ2v) is 2.03. The van der Waals surface area contributed by atoms with Crippen LogP contribution in [-0.4, -0.2) is 11.7 Å². The maximum atomic E-state index is 8.30. The lowest BCUT2D eigenvalue weighted by Gasteiger charge is -1.97. The Hall–Kier alpha value is -0.0400. The van der Waals surface area contributed by atoms with E-state index in [9.17, 15) is 0 Å². The Labute approximate surface area is 45.4 Å². The lowest BCUT2D eigenvalue weighted by Crippen LogP contribution is -1.87. The predicted octanol–water partition coefficient (Wildman–Crippen LogP) is 1.37. The van der Waals surface area contributed by atoms with Gasteiger partial charge in [0.25, 0.3) is 0 Å². The van der Waals surface area contributed by atoms with Crippen LogP contribution in [0.4, 0.5) is 0 Å². The van der Waals surface area contributed by atoms with E-state index in [1.54, 1.807) is 0 Å². The van der Waals surface area contributed by atoms with E-state index in [4.69, 9.17) is 5.11 Å². The zero-order valence-corrected chi connectivity index (χ0v) is 5.07. The van der Waals surface area contributed by atoms with Crippen molar-refractivity contribution in [2.75, 3.05) is 6.61 Å². The molecule has 1 radical (unpaired) electrons. The summed E-state index contributed by atoms with van der Waals surface area (Å²) in [7, 11) is 0. The van der Waals surface area contributed by atoms with Crippen molar-refractivity contribution in [3.8, 4) is 0 Å². The Bertz CT molecular complexity index is 33.2. The van der Waals surface area contributed by atoms with Gasteiger partial charge in [0.1, 0.15) is 0 Å². The molecule has 7 heavy (non-hydrogen) atoms. The third kappa shape index (κ3) is 5.96. The molecule has 0 saturated heterocycles. The first-order valence-electron chi connectivity index (χ1n) is 2.67. The molecule has 0 rings (SSSR count). The summed E-state index contributed by atoms with van der Waals surface area (Å²) in [6.45, 7) is 4.48. The minimum Gasteiger partial charge on any atom is -0.396 e. The molecule has 43 valence electrons. The van der Waals surface area contributed by atoms with Crippen LogP contribution in [0.15, 0.2) is 0 Å². The average molecular weight is 101 g/mol. The molecule has 0 atom stereocenters. The van der Waals surface area contributed by atoms with E-state index in [1.807, 2.05) is 0 Å². The fraction of sp³-hybridized carbons (Fsp3) is 0.833. The quantitative estimate of drug-likeness (QED) is 0.569. The summed E-state index contributed by atoms with van der Waals surface area (Å²) < 4.78 is 0. The predicted molar refractivity (Wildman–Crippen MR) is 30.9 cm³/mol.